The zero-order chi connectivity index (χ0) is 17.7. The molecular weight excluding hydrogens is 302 g/mol. The number of carbonyl (C=O) groups is 2. The van der Waals surface area contributed by atoms with Gasteiger partial charge in [-0.05, 0) is 43.7 Å². The molecule has 1 unspecified atom stereocenters. The van der Waals surface area contributed by atoms with Gasteiger partial charge in [-0.25, -0.2) is 0 Å². The van der Waals surface area contributed by atoms with E-state index in [-0.39, 0.29) is 11.8 Å². The Morgan fingerprint density at radius 2 is 1.92 bits per heavy atom. The maximum atomic E-state index is 12.4. The number of benzene rings is 1. The third-order valence-electron chi connectivity index (χ3n) is 4.67. The Labute approximate surface area is 145 Å². The van der Waals surface area contributed by atoms with Crippen molar-refractivity contribution >= 4 is 17.5 Å². The molecule has 2 atom stereocenters. The molecule has 1 aliphatic heterocycles. The van der Waals surface area contributed by atoms with Gasteiger partial charge >= 0.3 is 0 Å². The number of para-hydroxylation sites is 1. The summed E-state index contributed by atoms with van der Waals surface area (Å²) in [6.07, 6.45) is 2.28. The fourth-order valence-electron chi connectivity index (χ4n) is 3.32. The van der Waals surface area contributed by atoms with Crippen LogP contribution in [-0.2, 0) is 9.59 Å². The van der Waals surface area contributed by atoms with E-state index in [9.17, 15) is 9.59 Å². The normalized spacial score (nSPS) is 19.0. The van der Waals surface area contributed by atoms with E-state index in [0.717, 1.165) is 41.2 Å². The van der Waals surface area contributed by atoms with Crippen molar-refractivity contribution in [2.75, 3.05) is 38.5 Å². The van der Waals surface area contributed by atoms with Crippen LogP contribution in [0.2, 0.25) is 0 Å². The minimum Gasteiger partial charge on any atom is -0.338 e. The van der Waals surface area contributed by atoms with Gasteiger partial charge in [0, 0.05) is 18.8 Å². The molecule has 0 saturated carbocycles. The van der Waals surface area contributed by atoms with Gasteiger partial charge in [-0.15, -0.1) is 0 Å². The summed E-state index contributed by atoms with van der Waals surface area (Å²) < 4.78 is 0. The van der Waals surface area contributed by atoms with Crippen molar-refractivity contribution in [2.24, 2.45) is 5.92 Å². The van der Waals surface area contributed by atoms with Gasteiger partial charge < -0.3 is 15.1 Å². The smallest absolute Gasteiger partial charge is 0.279 e. The Morgan fingerprint density at radius 1 is 1.25 bits per heavy atom. The van der Waals surface area contributed by atoms with E-state index in [0.29, 0.717) is 19.0 Å². The SMILES string of the molecule is Cc1cccc(C)c1NC(=O)C[NH+](C)CC(=O)N1CCC[C@@H](C)C1. The summed E-state index contributed by atoms with van der Waals surface area (Å²) in [5, 5.41) is 2.98. The molecule has 0 aliphatic carbocycles. The number of piperidine rings is 1. The molecule has 1 aromatic carbocycles. The molecule has 1 aliphatic rings. The van der Waals surface area contributed by atoms with Crippen LogP contribution in [0.15, 0.2) is 18.2 Å². The van der Waals surface area contributed by atoms with Gasteiger partial charge in [-0.3, -0.25) is 9.59 Å². The van der Waals surface area contributed by atoms with Crippen LogP contribution >= 0.6 is 0 Å². The van der Waals surface area contributed by atoms with Crippen molar-refractivity contribution in [1.82, 2.24) is 4.90 Å². The lowest BCUT2D eigenvalue weighted by molar-refractivity contribution is -0.862. The highest BCUT2D eigenvalue weighted by Crippen LogP contribution is 2.19. The molecular formula is C19H30N3O2+. The zero-order valence-corrected chi connectivity index (χ0v) is 15.3. The van der Waals surface area contributed by atoms with Crippen LogP contribution in [0.5, 0.6) is 0 Å². The standard InChI is InChI=1S/C19H29N3O2/c1-14-7-6-10-22(11-14)18(24)13-21(4)12-17(23)20-19-15(2)8-5-9-16(19)3/h5,8-9,14H,6-7,10-13H2,1-4H3,(H,20,23)/p+1/t14-/m1/s1. The highest BCUT2D eigenvalue weighted by Gasteiger charge is 2.24. The molecule has 132 valence electrons. The lowest BCUT2D eigenvalue weighted by Crippen LogP contribution is -3.11. The summed E-state index contributed by atoms with van der Waals surface area (Å²) >= 11 is 0. The molecule has 2 N–H and O–H groups in total. The number of likely N-dealkylation sites (N-methyl/N-ethyl adjacent to an activating group) is 1. The Balaban J connectivity index is 1.84. The lowest BCUT2D eigenvalue weighted by Gasteiger charge is -2.31. The average Bonchev–Trinajstić information content (AvgIpc) is 2.51. The van der Waals surface area contributed by atoms with E-state index in [1.165, 1.54) is 6.42 Å². The number of likely N-dealkylation sites (tertiary alicyclic amines) is 1. The predicted molar refractivity (Wildman–Crippen MR) is 96.1 cm³/mol. The third-order valence-corrected chi connectivity index (χ3v) is 4.67. The molecule has 5 nitrogen and oxygen atoms in total. The van der Waals surface area contributed by atoms with Crippen molar-refractivity contribution in [3.8, 4) is 0 Å². The highest BCUT2D eigenvalue weighted by molar-refractivity contribution is 5.93. The topological polar surface area (TPSA) is 53.9 Å². The van der Waals surface area contributed by atoms with Gasteiger partial charge in [0.25, 0.3) is 11.8 Å². The second kappa shape index (κ2) is 8.29. The molecule has 2 amide bonds. The van der Waals surface area contributed by atoms with E-state index in [1.807, 2.05) is 44.0 Å². The molecule has 1 heterocycles. The lowest BCUT2D eigenvalue weighted by atomic mass is 10.0. The second-order valence-electron chi connectivity index (χ2n) is 7.21. The summed E-state index contributed by atoms with van der Waals surface area (Å²) in [5.41, 5.74) is 2.99. The number of nitrogens with one attached hydrogen (secondary N) is 2. The number of amides is 2. The van der Waals surface area contributed by atoms with Gasteiger partial charge in [0.2, 0.25) is 0 Å². The first-order chi connectivity index (χ1) is 11.4. The summed E-state index contributed by atoms with van der Waals surface area (Å²) in [5.74, 6) is 0.680. The van der Waals surface area contributed by atoms with E-state index in [4.69, 9.17) is 0 Å². The summed E-state index contributed by atoms with van der Waals surface area (Å²) in [4.78, 5) is 27.5. The van der Waals surface area contributed by atoms with Crippen LogP contribution in [0.1, 0.15) is 30.9 Å². The summed E-state index contributed by atoms with van der Waals surface area (Å²) in [6.45, 7) is 8.52. The van der Waals surface area contributed by atoms with Crippen LogP contribution in [0, 0.1) is 19.8 Å². The molecule has 1 saturated heterocycles. The Kier molecular flexibility index (Phi) is 6.37. The number of anilines is 1. The van der Waals surface area contributed by atoms with E-state index in [1.54, 1.807) is 0 Å². The van der Waals surface area contributed by atoms with Crippen molar-refractivity contribution in [3.05, 3.63) is 29.3 Å². The molecule has 0 spiro atoms. The Hall–Kier alpha value is -1.88. The summed E-state index contributed by atoms with van der Waals surface area (Å²) in [7, 11) is 1.90. The fraction of sp³-hybridized carbons (Fsp3) is 0.579. The molecule has 0 aromatic heterocycles. The minimum atomic E-state index is -0.0512. The van der Waals surface area contributed by atoms with Crippen molar-refractivity contribution in [3.63, 3.8) is 0 Å². The van der Waals surface area contributed by atoms with Crippen LogP contribution in [0.3, 0.4) is 0 Å². The van der Waals surface area contributed by atoms with E-state index >= 15 is 0 Å². The molecule has 5 heteroatoms. The van der Waals surface area contributed by atoms with Crippen molar-refractivity contribution in [2.45, 2.75) is 33.6 Å². The van der Waals surface area contributed by atoms with Gasteiger partial charge in [-0.1, -0.05) is 25.1 Å². The first-order valence-electron chi connectivity index (χ1n) is 8.82. The number of hydrogen-bond donors (Lipinski definition) is 2. The number of nitrogens with zero attached hydrogens (tertiary/aromatic N) is 1. The number of aryl methyl sites for hydroxylation is 2. The third kappa shape index (κ3) is 5.06. The molecule has 0 bridgehead atoms. The van der Waals surface area contributed by atoms with E-state index < -0.39 is 0 Å². The molecule has 24 heavy (non-hydrogen) atoms. The quantitative estimate of drug-likeness (QED) is 0.846. The Bertz CT molecular complexity index is 580. The largest absolute Gasteiger partial charge is 0.338 e. The minimum absolute atomic E-state index is 0.0512. The van der Waals surface area contributed by atoms with Crippen LogP contribution in [0.25, 0.3) is 0 Å². The van der Waals surface area contributed by atoms with Gasteiger partial charge in [0.1, 0.15) is 0 Å². The Morgan fingerprint density at radius 3 is 2.54 bits per heavy atom. The van der Waals surface area contributed by atoms with Crippen molar-refractivity contribution < 1.29 is 14.5 Å². The maximum absolute atomic E-state index is 12.4. The van der Waals surface area contributed by atoms with Crippen LogP contribution in [-0.4, -0.2) is 49.9 Å². The maximum Gasteiger partial charge on any atom is 0.279 e. The number of carbonyl (C=O) groups excluding carboxylic acids is 2. The first-order valence-corrected chi connectivity index (χ1v) is 8.82. The van der Waals surface area contributed by atoms with Crippen LogP contribution in [0.4, 0.5) is 5.69 Å². The monoisotopic (exact) mass is 332 g/mol. The predicted octanol–water partition coefficient (Wildman–Crippen LogP) is 1.02. The highest BCUT2D eigenvalue weighted by atomic mass is 16.2. The molecule has 2 rings (SSSR count). The van der Waals surface area contributed by atoms with E-state index in [2.05, 4.69) is 12.2 Å². The molecule has 1 fully saturated rings. The average molecular weight is 332 g/mol. The summed E-state index contributed by atoms with van der Waals surface area (Å²) in [6, 6.07) is 5.95. The van der Waals surface area contributed by atoms with Crippen LogP contribution < -0.4 is 10.2 Å². The zero-order valence-electron chi connectivity index (χ0n) is 15.3. The first kappa shape index (κ1) is 18.5. The van der Waals surface area contributed by atoms with Gasteiger partial charge in [-0.2, -0.15) is 0 Å². The number of rotatable bonds is 5. The van der Waals surface area contributed by atoms with Gasteiger partial charge in [0.05, 0.1) is 7.05 Å². The number of quaternary nitrogens is 1. The van der Waals surface area contributed by atoms with Gasteiger partial charge in [0.15, 0.2) is 13.1 Å². The van der Waals surface area contributed by atoms with Crippen molar-refractivity contribution in [1.29, 1.82) is 0 Å². The number of hydrogen-bond acceptors (Lipinski definition) is 2. The molecule has 0 radical (unpaired) electrons. The molecule has 1 aromatic rings. The second-order valence-corrected chi connectivity index (χ2v) is 7.21. The fourth-order valence-corrected chi connectivity index (χ4v) is 3.32.